The van der Waals surface area contributed by atoms with Crippen molar-refractivity contribution in [2.24, 2.45) is 23.7 Å². The van der Waals surface area contributed by atoms with Gasteiger partial charge in [-0.3, -0.25) is 14.4 Å². The molecule has 5 rings (SSSR count). The summed E-state index contributed by atoms with van der Waals surface area (Å²) >= 11 is 5.95. The number of hydrogen-bond donors (Lipinski definition) is 2. The Morgan fingerprint density at radius 3 is 2.61 bits per heavy atom. The Kier molecular flexibility index (Phi) is 5.12. The lowest BCUT2D eigenvalue weighted by Crippen LogP contribution is -2.35. The lowest BCUT2D eigenvalue weighted by molar-refractivity contribution is -0.145. The van der Waals surface area contributed by atoms with E-state index in [1.54, 1.807) is 12.1 Å². The number of hydrogen-bond acceptors (Lipinski definition) is 4. The monoisotopic (exact) mass is 478 g/mol. The van der Waals surface area contributed by atoms with Gasteiger partial charge in [-0.1, -0.05) is 17.7 Å². The molecule has 2 aliphatic carbocycles. The number of esters is 1. The third kappa shape index (κ3) is 3.84. The van der Waals surface area contributed by atoms with Gasteiger partial charge in [0.2, 0.25) is 5.91 Å². The first kappa shape index (κ1) is 21.8. The van der Waals surface area contributed by atoms with E-state index in [2.05, 4.69) is 10.6 Å². The highest BCUT2D eigenvalue weighted by molar-refractivity contribution is 6.34. The molecule has 0 unspecified atom stereocenters. The topological polar surface area (TPSA) is 84.5 Å². The zero-order valence-electron chi connectivity index (χ0n) is 17.0. The van der Waals surface area contributed by atoms with E-state index in [1.165, 1.54) is 12.1 Å². The molecule has 6 nitrogen and oxygen atoms in total. The minimum Gasteiger partial charge on any atom is -0.462 e. The molecule has 2 bridgehead atoms. The number of nitrogens with one attached hydrogen (secondary N) is 2. The number of anilines is 2. The molecule has 2 saturated carbocycles. The highest BCUT2D eigenvalue weighted by atomic mass is 35.5. The van der Waals surface area contributed by atoms with E-state index in [9.17, 15) is 27.6 Å². The summed E-state index contributed by atoms with van der Waals surface area (Å²) in [6, 6.07) is 8.65. The molecule has 1 saturated heterocycles. The number of ether oxygens (including phenoxy) is 1. The van der Waals surface area contributed by atoms with E-state index < -0.39 is 29.5 Å². The number of carbonyl (C=O) groups excluding carboxylic acids is 3. The molecule has 2 aromatic rings. The highest BCUT2D eigenvalue weighted by Crippen LogP contribution is 2.57. The van der Waals surface area contributed by atoms with Gasteiger partial charge in [0, 0.05) is 17.2 Å². The van der Waals surface area contributed by atoms with Crippen LogP contribution in [0.25, 0.3) is 0 Å². The smallest absolute Gasteiger partial charge is 0.416 e. The van der Waals surface area contributed by atoms with Gasteiger partial charge in [-0.15, -0.1) is 0 Å². The Labute approximate surface area is 191 Å². The number of fused-ring (bicyclic) bond motifs is 1. The van der Waals surface area contributed by atoms with E-state index in [4.69, 9.17) is 16.3 Å². The molecule has 0 aromatic heterocycles. The average molecular weight is 479 g/mol. The fourth-order valence-corrected chi connectivity index (χ4v) is 5.48. The normalized spacial score (nSPS) is 27.4. The fraction of sp³-hybridized carbons (Fsp3) is 0.348. The van der Waals surface area contributed by atoms with Gasteiger partial charge in [0.15, 0.2) is 0 Å². The van der Waals surface area contributed by atoms with Crippen molar-refractivity contribution in [2.45, 2.75) is 25.1 Å². The second kappa shape index (κ2) is 7.76. The van der Waals surface area contributed by atoms with E-state index in [-0.39, 0.29) is 46.1 Å². The number of amides is 2. The molecule has 1 aliphatic heterocycles. The maximum absolute atomic E-state index is 13.0. The summed E-state index contributed by atoms with van der Waals surface area (Å²) in [7, 11) is 0. The highest BCUT2D eigenvalue weighted by Gasteiger charge is 2.63. The standard InChI is InChI=1S/C23H18ClF3N2O4/c24-15-5-4-12(23(25,26)27)9-16(15)29-20(30)10-2-1-3-13(6-10)28-21(31)18-11-7-14-17(8-11)33-22(32)19(14)18/h1-6,9,11,14,17-19H,7-8H2,(H,28,31)(H,29,30)/t11-,14+,17-,18-,19-/m1/s1. The second-order valence-corrected chi connectivity index (χ2v) is 9.05. The molecule has 2 N–H and O–H groups in total. The quantitative estimate of drug-likeness (QED) is 0.621. The lowest BCUT2D eigenvalue weighted by Gasteiger charge is -2.23. The maximum Gasteiger partial charge on any atom is 0.416 e. The number of alkyl halides is 3. The van der Waals surface area contributed by atoms with E-state index in [0.29, 0.717) is 12.1 Å². The SMILES string of the molecule is O=C(Nc1cc(C(F)(F)F)ccc1Cl)c1cccc(NC(=O)[C@@H]2[C@@H]3C[C@@H]4[C@H]2C(=O)O[C@@H]4C3)c1. The molecule has 0 spiro atoms. The van der Waals surface area contributed by atoms with E-state index in [1.807, 2.05) is 0 Å². The van der Waals surface area contributed by atoms with Crippen molar-refractivity contribution in [1.29, 1.82) is 0 Å². The predicted molar refractivity (Wildman–Crippen MR) is 113 cm³/mol. The van der Waals surface area contributed by atoms with Gasteiger partial charge in [-0.25, -0.2) is 0 Å². The molecular weight excluding hydrogens is 461 g/mol. The first-order valence-corrected chi connectivity index (χ1v) is 10.8. The third-order valence-electron chi connectivity index (χ3n) is 6.72. The van der Waals surface area contributed by atoms with Gasteiger partial charge in [0.1, 0.15) is 6.10 Å². The number of carbonyl (C=O) groups is 3. The first-order chi connectivity index (χ1) is 15.6. The van der Waals surface area contributed by atoms with Crippen LogP contribution < -0.4 is 10.6 Å². The number of halogens is 4. The van der Waals surface area contributed by atoms with Crippen molar-refractivity contribution in [1.82, 2.24) is 0 Å². The summed E-state index contributed by atoms with van der Waals surface area (Å²) in [6.07, 6.45) is -3.18. The van der Waals surface area contributed by atoms with Crippen LogP contribution in [0.3, 0.4) is 0 Å². The summed E-state index contributed by atoms with van der Waals surface area (Å²) in [5.74, 6) is -2.03. The van der Waals surface area contributed by atoms with Crippen molar-refractivity contribution >= 4 is 40.8 Å². The van der Waals surface area contributed by atoms with Crippen molar-refractivity contribution in [3.05, 3.63) is 58.6 Å². The van der Waals surface area contributed by atoms with Crippen LogP contribution in [0, 0.1) is 23.7 Å². The summed E-state index contributed by atoms with van der Waals surface area (Å²) in [4.78, 5) is 37.7. The number of rotatable bonds is 4. The molecule has 10 heteroatoms. The molecule has 3 aliphatic rings. The molecule has 33 heavy (non-hydrogen) atoms. The average Bonchev–Trinajstić information content (AvgIpc) is 3.37. The van der Waals surface area contributed by atoms with Gasteiger partial charge >= 0.3 is 12.1 Å². The first-order valence-electron chi connectivity index (χ1n) is 10.4. The van der Waals surface area contributed by atoms with Gasteiger partial charge in [-0.2, -0.15) is 13.2 Å². The zero-order valence-corrected chi connectivity index (χ0v) is 17.7. The Hall–Kier alpha value is -3.07. The van der Waals surface area contributed by atoms with Crippen molar-refractivity contribution in [2.75, 3.05) is 10.6 Å². The van der Waals surface area contributed by atoms with Gasteiger partial charge in [0.05, 0.1) is 28.1 Å². The van der Waals surface area contributed by atoms with Gasteiger partial charge in [0.25, 0.3) is 5.91 Å². The number of benzene rings is 2. The summed E-state index contributed by atoms with van der Waals surface area (Å²) in [5, 5.41) is 5.11. The van der Waals surface area contributed by atoms with Crippen molar-refractivity contribution < 1.29 is 32.3 Å². The van der Waals surface area contributed by atoms with Crippen LogP contribution in [-0.2, 0) is 20.5 Å². The second-order valence-electron chi connectivity index (χ2n) is 8.64. The Morgan fingerprint density at radius 2 is 1.85 bits per heavy atom. The predicted octanol–water partition coefficient (Wildman–Crippen LogP) is 4.75. The van der Waals surface area contributed by atoms with Crippen LogP contribution in [0.15, 0.2) is 42.5 Å². The summed E-state index contributed by atoms with van der Waals surface area (Å²) < 4.78 is 44.3. The zero-order chi connectivity index (χ0) is 23.5. The van der Waals surface area contributed by atoms with Gasteiger partial charge < -0.3 is 15.4 Å². The minimum absolute atomic E-state index is 0.0427. The van der Waals surface area contributed by atoms with Crippen LogP contribution in [0.1, 0.15) is 28.8 Å². The van der Waals surface area contributed by atoms with Crippen LogP contribution >= 0.6 is 11.6 Å². The fourth-order valence-electron chi connectivity index (χ4n) is 5.32. The van der Waals surface area contributed by atoms with Crippen LogP contribution in [0.2, 0.25) is 5.02 Å². The molecular formula is C23H18ClF3N2O4. The lowest BCUT2D eigenvalue weighted by atomic mass is 9.79. The largest absolute Gasteiger partial charge is 0.462 e. The summed E-state index contributed by atoms with van der Waals surface area (Å²) in [6.45, 7) is 0. The molecule has 2 aromatic carbocycles. The molecule has 172 valence electrons. The van der Waals surface area contributed by atoms with Crippen LogP contribution in [0.5, 0.6) is 0 Å². The molecule has 2 amide bonds. The molecule has 3 fully saturated rings. The van der Waals surface area contributed by atoms with Crippen LogP contribution in [-0.4, -0.2) is 23.9 Å². The Balaban J connectivity index is 1.30. The maximum atomic E-state index is 13.0. The van der Waals surface area contributed by atoms with Crippen molar-refractivity contribution in [3.63, 3.8) is 0 Å². The van der Waals surface area contributed by atoms with Crippen molar-refractivity contribution in [3.8, 4) is 0 Å². The van der Waals surface area contributed by atoms with E-state index >= 15 is 0 Å². The Morgan fingerprint density at radius 1 is 1.06 bits per heavy atom. The van der Waals surface area contributed by atoms with E-state index in [0.717, 1.165) is 24.6 Å². The summed E-state index contributed by atoms with van der Waals surface area (Å²) in [5.41, 5.74) is -0.660. The minimum atomic E-state index is -4.58. The van der Waals surface area contributed by atoms with Gasteiger partial charge in [-0.05, 0) is 55.2 Å². The van der Waals surface area contributed by atoms with Crippen LogP contribution in [0.4, 0.5) is 24.5 Å². The third-order valence-corrected chi connectivity index (χ3v) is 7.05. The Bertz CT molecular complexity index is 1170. The molecule has 1 heterocycles. The molecule has 5 atom stereocenters. The molecule has 0 radical (unpaired) electrons.